The van der Waals surface area contributed by atoms with Crippen LogP contribution in [-0.4, -0.2) is 13.1 Å². The lowest BCUT2D eigenvalue weighted by Crippen LogP contribution is -2.08. The molecule has 3 nitrogen and oxygen atoms in total. The van der Waals surface area contributed by atoms with Crippen LogP contribution in [0.3, 0.4) is 0 Å². The Morgan fingerprint density at radius 2 is 1.72 bits per heavy atom. The van der Waals surface area contributed by atoms with Gasteiger partial charge in [-0.2, -0.15) is 0 Å². The number of carbonyl (C=O) groups excluding carboxylic acids is 1. The molecule has 0 fully saturated rings. The minimum absolute atomic E-state index is 0.393. The van der Waals surface area contributed by atoms with E-state index >= 15 is 0 Å². The van der Waals surface area contributed by atoms with Crippen molar-refractivity contribution in [3.63, 3.8) is 0 Å². The largest absolute Gasteiger partial charge is 0.497 e. The molecular formula is C14H11BrO3. The maximum Gasteiger partial charge on any atom is 0.343 e. The molecule has 0 spiro atoms. The molecule has 0 aliphatic carbocycles. The Kier molecular flexibility index (Phi) is 3.99. The lowest BCUT2D eigenvalue weighted by atomic mass is 10.2. The standard InChI is InChI=1S/C14H11BrO3/c1-17-12-3-2-4-13(9-12)18-14(16)10-5-7-11(15)8-6-10/h2-9H,1H3. The lowest BCUT2D eigenvalue weighted by molar-refractivity contribution is 0.0734. The Morgan fingerprint density at radius 1 is 1.06 bits per heavy atom. The van der Waals surface area contributed by atoms with E-state index in [9.17, 15) is 4.79 Å². The predicted octanol–water partition coefficient (Wildman–Crippen LogP) is 3.68. The number of esters is 1. The van der Waals surface area contributed by atoms with Crippen LogP contribution in [0.2, 0.25) is 0 Å². The molecule has 2 rings (SSSR count). The molecule has 18 heavy (non-hydrogen) atoms. The second-order valence-electron chi connectivity index (χ2n) is 3.58. The third-order valence-electron chi connectivity index (χ3n) is 2.33. The minimum atomic E-state index is -0.393. The summed E-state index contributed by atoms with van der Waals surface area (Å²) in [7, 11) is 1.57. The van der Waals surface area contributed by atoms with Crippen LogP contribution in [0.5, 0.6) is 11.5 Å². The van der Waals surface area contributed by atoms with Gasteiger partial charge in [0.1, 0.15) is 11.5 Å². The highest BCUT2D eigenvalue weighted by molar-refractivity contribution is 9.10. The molecule has 0 aromatic heterocycles. The molecule has 0 unspecified atom stereocenters. The number of halogens is 1. The van der Waals surface area contributed by atoms with E-state index in [1.165, 1.54) is 0 Å². The van der Waals surface area contributed by atoms with Gasteiger partial charge in [-0.05, 0) is 36.4 Å². The van der Waals surface area contributed by atoms with Crippen LogP contribution in [0.25, 0.3) is 0 Å². The molecule has 0 heterocycles. The zero-order valence-corrected chi connectivity index (χ0v) is 11.3. The molecule has 2 aromatic rings. The molecule has 0 amide bonds. The fourth-order valence-corrected chi connectivity index (χ4v) is 1.68. The van der Waals surface area contributed by atoms with E-state index in [1.54, 1.807) is 55.6 Å². The predicted molar refractivity (Wildman–Crippen MR) is 72.1 cm³/mol. The number of rotatable bonds is 3. The van der Waals surface area contributed by atoms with Crippen LogP contribution in [0, 0.1) is 0 Å². The summed E-state index contributed by atoms with van der Waals surface area (Å²) in [6.45, 7) is 0. The Hall–Kier alpha value is -1.81. The van der Waals surface area contributed by atoms with E-state index in [2.05, 4.69) is 15.9 Å². The number of ether oxygens (including phenoxy) is 2. The van der Waals surface area contributed by atoms with E-state index in [1.807, 2.05) is 0 Å². The van der Waals surface area contributed by atoms with Crippen molar-refractivity contribution in [1.82, 2.24) is 0 Å². The summed E-state index contributed by atoms with van der Waals surface area (Å²) in [6.07, 6.45) is 0. The maximum atomic E-state index is 11.8. The van der Waals surface area contributed by atoms with E-state index in [0.29, 0.717) is 17.1 Å². The van der Waals surface area contributed by atoms with E-state index in [4.69, 9.17) is 9.47 Å². The highest BCUT2D eigenvalue weighted by atomic mass is 79.9. The topological polar surface area (TPSA) is 35.5 Å². The van der Waals surface area contributed by atoms with Crippen molar-refractivity contribution in [2.24, 2.45) is 0 Å². The fourth-order valence-electron chi connectivity index (χ4n) is 1.42. The quantitative estimate of drug-likeness (QED) is 0.641. The van der Waals surface area contributed by atoms with E-state index < -0.39 is 5.97 Å². The van der Waals surface area contributed by atoms with Crippen molar-refractivity contribution in [1.29, 1.82) is 0 Å². The molecule has 0 N–H and O–H groups in total. The third kappa shape index (κ3) is 3.11. The molecule has 0 aliphatic heterocycles. The monoisotopic (exact) mass is 306 g/mol. The fraction of sp³-hybridized carbons (Fsp3) is 0.0714. The average molecular weight is 307 g/mol. The second kappa shape index (κ2) is 5.69. The van der Waals surface area contributed by atoms with Gasteiger partial charge in [0.2, 0.25) is 0 Å². The van der Waals surface area contributed by atoms with Crippen molar-refractivity contribution in [3.8, 4) is 11.5 Å². The van der Waals surface area contributed by atoms with Crippen LogP contribution in [-0.2, 0) is 0 Å². The first kappa shape index (κ1) is 12.6. The molecule has 0 saturated carbocycles. The second-order valence-corrected chi connectivity index (χ2v) is 4.49. The number of carbonyl (C=O) groups is 1. The minimum Gasteiger partial charge on any atom is -0.497 e. The number of methoxy groups -OCH3 is 1. The van der Waals surface area contributed by atoms with Gasteiger partial charge in [0.25, 0.3) is 0 Å². The Morgan fingerprint density at radius 3 is 2.39 bits per heavy atom. The third-order valence-corrected chi connectivity index (χ3v) is 2.86. The van der Waals surface area contributed by atoms with Crippen molar-refractivity contribution in [3.05, 3.63) is 58.6 Å². The first-order chi connectivity index (χ1) is 8.69. The van der Waals surface area contributed by atoms with Crippen molar-refractivity contribution < 1.29 is 14.3 Å². The van der Waals surface area contributed by atoms with Crippen molar-refractivity contribution in [2.45, 2.75) is 0 Å². The van der Waals surface area contributed by atoms with Gasteiger partial charge in [0.15, 0.2) is 0 Å². The molecule has 4 heteroatoms. The number of benzene rings is 2. The summed E-state index contributed by atoms with van der Waals surface area (Å²) in [5.41, 5.74) is 0.501. The maximum absolute atomic E-state index is 11.8. The molecule has 92 valence electrons. The highest BCUT2D eigenvalue weighted by Gasteiger charge is 2.08. The molecule has 0 saturated heterocycles. The normalized spacial score (nSPS) is 9.89. The zero-order chi connectivity index (χ0) is 13.0. The Labute approximate surface area is 113 Å². The Balaban J connectivity index is 2.13. The van der Waals surface area contributed by atoms with Gasteiger partial charge in [0.05, 0.1) is 12.7 Å². The van der Waals surface area contributed by atoms with Gasteiger partial charge < -0.3 is 9.47 Å². The molecule has 0 radical (unpaired) electrons. The van der Waals surface area contributed by atoms with Crippen LogP contribution in [0.4, 0.5) is 0 Å². The average Bonchev–Trinajstić information content (AvgIpc) is 2.39. The van der Waals surface area contributed by atoms with Gasteiger partial charge in [-0.1, -0.05) is 22.0 Å². The smallest absolute Gasteiger partial charge is 0.343 e. The first-order valence-electron chi connectivity index (χ1n) is 5.31. The summed E-state index contributed by atoms with van der Waals surface area (Å²) < 4.78 is 11.2. The first-order valence-corrected chi connectivity index (χ1v) is 6.10. The molecule has 0 bridgehead atoms. The number of hydrogen-bond donors (Lipinski definition) is 0. The lowest BCUT2D eigenvalue weighted by Gasteiger charge is -2.06. The molecule has 2 aromatic carbocycles. The van der Waals surface area contributed by atoms with Gasteiger partial charge in [-0.15, -0.1) is 0 Å². The van der Waals surface area contributed by atoms with E-state index in [-0.39, 0.29) is 0 Å². The van der Waals surface area contributed by atoms with Crippen molar-refractivity contribution >= 4 is 21.9 Å². The van der Waals surface area contributed by atoms with Crippen LogP contribution >= 0.6 is 15.9 Å². The SMILES string of the molecule is COc1cccc(OC(=O)c2ccc(Br)cc2)c1. The summed E-state index contributed by atoms with van der Waals surface area (Å²) in [5, 5.41) is 0. The Bertz CT molecular complexity index is 549. The van der Waals surface area contributed by atoms with Crippen LogP contribution in [0.15, 0.2) is 53.0 Å². The summed E-state index contributed by atoms with van der Waals surface area (Å²) >= 11 is 3.31. The van der Waals surface area contributed by atoms with E-state index in [0.717, 1.165) is 4.47 Å². The summed E-state index contributed by atoms with van der Waals surface area (Å²) in [6, 6.07) is 13.9. The van der Waals surface area contributed by atoms with Crippen molar-refractivity contribution in [2.75, 3.05) is 7.11 Å². The van der Waals surface area contributed by atoms with Gasteiger partial charge >= 0.3 is 5.97 Å². The summed E-state index contributed by atoms with van der Waals surface area (Å²) in [4.78, 5) is 11.8. The van der Waals surface area contributed by atoms with Gasteiger partial charge in [-0.25, -0.2) is 4.79 Å². The molecular weight excluding hydrogens is 296 g/mol. The van der Waals surface area contributed by atoms with Gasteiger partial charge in [0, 0.05) is 10.5 Å². The number of hydrogen-bond acceptors (Lipinski definition) is 3. The highest BCUT2D eigenvalue weighted by Crippen LogP contribution is 2.20. The molecule has 0 atom stereocenters. The summed E-state index contributed by atoms with van der Waals surface area (Å²) in [5.74, 6) is 0.717. The van der Waals surface area contributed by atoms with Crippen LogP contribution in [0.1, 0.15) is 10.4 Å². The zero-order valence-electron chi connectivity index (χ0n) is 9.72. The van der Waals surface area contributed by atoms with Gasteiger partial charge in [-0.3, -0.25) is 0 Å². The molecule has 0 aliphatic rings. The van der Waals surface area contributed by atoms with Crippen LogP contribution < -0.4 is 9.47 Å².